The summed E-state index contributed by atoms with van der Waals surface area (Å²) in [5.41, 5.74) is 0. The molecule has 0 fully saturated rings. The third kappa shape index (κ3) is 5.18. The molecule has 3 nitrogen and oxygen atoms in total. The fraction of sp³-hybridized carbons (Fsp3) is 1.00. The largest absolute Gasteiger partial charge is 0.392 e. The van der Waals surface area contributed by atoms with Crippen LogP contribution in [0.15, 0.2) is 0 Å². The number of rotatable bonds is 5. The first kappa shape index (κ1) is 10.9. The Morgan fingerprint density at radius 3 is 2.27 bits per heavy atom. The van der Waals surface area contributed by atoms with Crippen molar-refractivity contribution in [3.8, 4) is 0 Å². The van der Waals surface area contributed by atoms with E-state index in [4.69, 9.17) is 9.84 Å². The fourth-order valence-corrected chi connectivity index (χ4v) is 0.727. The van der Waals surface area contributed by atoms with E-state index in [1.165, 1.54) is 0 Å². The van der Waals surface area contributed by atoms with Crippen molar-refractivity contribution in [1.29, 1.82) is 0 Å². The second-order valence-electron chi connectivity index (χ2n) is 2.99. The van der Waals surface area contributed by atoms with Gasteiger partial charge in [0.15, 0.2) is 0 Å². The molecule has 0 heterocycles. The molecule has 0 saturated carbocycles. The summed E-state index contributed by atoms with van der Waals surface area (Å²) < 4.78 is 5.10. The van der Waals surface area contributed by atoms with Crippen LogP contribution in [0.4, 0.5) is 0 Å². The first-order valence-corrected chi connectivity index (χ1v) is 4.02. The van der Waals surface area contributed by atoms with Gasteiger partial charge in [-0.15, -0.1) is 0 Å². The van der Waals surface area contributed by atoms with Crippen molar-refractivity contribution in [2.45, 2.75) is 39.0 Å². The summed E-state index contributed by atoms with van der Waals surface area (Å²) in [6.45, 7) is 6.42. The van der Waals surface area contributed by atoms with Crippen molar-refractivity contribution in [3.63, 3.8) is 0 Å². The lowest BCUT2D eigenvalue weighted by molar-refractivity contribution is 0.0823. The van der Waals surface area contributed by atoms with Crippen LogP contribution in [0.1, 0.15) is 20.8 Å². The topological polar surface area (TPSA) is 41.5 Å². The summed E-state index contributed by atoms with van der Waals surface area (Å²) in [7, 11) is 1.69. The lowest BCUT2D eigenvalue weighted by Crippen LogP contribution is -2.40. The molecule has 0 radical (unpaired) electrons. The number of nitrogens with one attached hydrogen (secondary N) is 1. The van der Waals surface area contributed by atoms with Crippen LogP contribution in [0.5, 0.6) is 0 Å². The van der Waals surface area contributed by atoms with Crippen LogP contribution in [-0.4, -0.2) is 37.0 Å². The molecule has 0 aromatic carbocycles. The van der Waals surface area contributed by atoms with Crippen molar-refractivity contribution in [2.24, 2.45) is 0 Å². The number of ether oxygens (including phenoxy) is 1. The van der Waals surface area contributed by atoms with Gasteiger partial charge in [-0.25, -0.2) is 0 Å². The summed E-state index contributed by atoms with van der Waals surface area (Å²) in [4.78, 5) is 0. The molecule has 0 amide bonds. The van der Waals surface area contributed by atoms with Crippen molar-refractivity contribution in [2.75, 3.05) is 13.7 Å². The molecule has 0 aliphatic heterocycles. The van der Waals surface area contributed by atoms with Gasteiger partial charge in [-0.1, -0.05) is 0 Å². The maximum atomic E-state index is 8.95. The van der Waals surface area contributed by atoms with E-state index in [1.807, 2.05) is 13.8 Å². The highest BCUT2D eigenvalue weighted by atomic mass is 16.5. The number of hydrogen-bond acceptors (Lipinski definition) is 3. The molecular formula is C8H19NO2. The van der Waals surface area contributed by atoms with Crippen LogP contribution in [0.2, 0.25) is 0 Å². The molecule has 0 bridgehead atoms. The Kier molecular flexibility index (Phi) is 5.46. The second kappa shape index (κ2) is 5.52. The summed E-state index contributed by atoms with van der Waals surface area (Å²) in [5, 5.41) is 12.1. The maximum Gasteiger partial charge on any atom is 0.0693 e. The van der Waals surface area contributed by atoms with Crippen molar-refractivity contribution < 1.29 is 9.84 Å². The Morgan fingerprint density at radius 1 is 1.36 bits per heavy atom. The minimum Gasteiger partial charge on any atom is -0.392 e. The van der Waals surface area contributed by atoms with Crippen LogP contribution in [0.25, 0.3) is 0 Å². The van der Waals surface area contributed by atoms with Gasteiger partial charge in [-0.3, -0.25) is 0 Å². The highest BCUT2D eigenvalue weighted by Gasteiger charge is 2.10. The van der Waals surface area contributed by atoms with Gasteiger partial charge in [-0.05, 0) is 20.8 Å². The van der Waals surface area contributed by atoms with E-state index in [2.05, 4.69) is 5.32 Å². The maximum absolute atomic E-state index is 8.95. The predicted molar refractivity (Wildman–Crippen MR) is 45.6 cm³/mol. The van der Waals surface area contributed by atoms with Gasteiger partial charge in [0.25, 0.3) is 0 Å². The summed E-state index contributed by atoms with van der Waals surface area (Å²) in [6, 6.07) is 0.287. The molecule has 0 aromatic heterocycles. The minimum atomic E-state index is -0.290. The standard InChI is InChI=1S/C8H19NO2/c1-6(10)5-9-7(2)8(3)11-4/h6-10H,5H2,1-4H3/t6-,7?,8?/m1/s1. The lowest BCUT2D eigenvalue weighted by Gasteiger charge is -2.20. The molecule has 3 heteroatoms. The molecule has 0 aromatic rings. The van der Waals surface area contributed by atoms with Gasteiger partial charge in [-0.2, -0.15) is 0 Å². The summed E-state index contributed by atoms with van der Waals surface area (Å²) in [6.07, 6.45) is -0.102. The first-order chi connectivity index (χ1) is 5.07. The SMILES string of the molecule is COC(C)C(C)NC[C@@H](C)O. The molecule has 0 aliphatic rings. The monoisotopic (exact) mass is 161 g/mol. The van der Waals surface area contributed by atoms with Gasteiger partial charge >= 0.3 is 0 Å². The zero-order chi connectivity index (χ0) is 8.85. The van der Waals surface area contributed by atoms with E-state index >= 15 is 0 Å². The van der Waals surface area contributed by atoms with E-state index < -0.39 is 0 Å². The van der Waals surface area contributed by atoms with Crippen LogP contribution in [0, 0.1) is 0 Å². The van der Waals surface area contributed by atoms with Crippen LogP contribution in [-0.2, 0) is 4.74 Å². The molecule has 2 unspecified atom stereocenters. The van der Waals surface area contributed by atoms with E-state index in [1.54, 1.807) is 14.0 Å². The van der Waals surface area contributed by atoms with E-state index in [9.17, 15) is 0 Å². The quantitative estimate of drug-likeness (QED) is 0.612. The third-order valence-electron chi connectivity index (χ3n) is 1.81. The Balaban J connectivity index is 3.43. The molecule has 0 spiro atoms. The van der Waals surface area contributed by atoms with Crippen LogP contribution in [0.3, 0.4) is 0 Å². The summed E-state index contributed by atoms with van der Waals surface area (Å²) >= 11 is 0. The molecule has 11 heavy (non-hydrogen) atoms. The van der Waals surface area contributed by atoms with Crippen LogP contribution < -0.4 is 5.32 Å². The minimum absolute atomic E-state index is 0.189. The Morgan fingerprint density at radius 2 is 1.91 bits per heavy atom. The second-order valence-corrected chi connectivity index (χ2v) is 2.99. The van der Waals surface area contributed by atoms with Crippen molar-refractivity contribution in [1.82, 2.24) is 5.32 Å². The zero-order valence-corrected chi connectivity index (χ0v) is 7.79. The first-order valence-electron chi connectivity index (χ1n) is 4.02. The number of aliphatic hydroxyl groups is 1. The number of methoxy groups -OCH3 is 1. The van der Waals surface area contributed by atoms with Crippen LogP contribution >= 0.6 is 0 Å². The predicted octanol–water partition coefficient (Wildman–Crippen LogP) is 0.380. The molecule has 2 N–H and O–H groups in total. The molecule has 3 atom stereocenters. The average Bonchev–Trinajstić information content (AvgIpc) is 1.98. The fourth-order valence-electron chi connectivity index (χ4n) is 0.727. The summed E-state index contributed by atoms with van der Waals surface area (Å²) in [5.74, 6) is 0. The van der Waals surface area contributed by atoms with E-state index in [-0.39, 0.29) is 18.2 Å². The Hall–Kier alpha value is -0.120. The molecule has 0 saturated heterocycles. The van der Waals surface area contributed by atoms with Gasteiger partial charge in [0.1, 0.15) is 0 Å². The van der Waals surface area contributed by atoms with Crippen molar-refractivity contribution in [3.05, 3.63) is 0 Å². The Labute approximate surface area is 68.8 Å². The van der Waals surface area contributed by atoms with Crippen molar-refractivity contribution >= 4 is 0 Å². The van der Waals surface area contributed by atoms with Gasteiger partial charge < -0.3 is 15.2 Å². The molecule has 68 valence electrons. The Bertz CT molecular complexity index is 96.1. The van der Waals surface area contributed by atoms with E-state index in [0.29, 0.717) is 6.54 Å². The third-order valence-corrected chi connectivity index (χ3v) is 1.81. The van der Waals surface area contributed by atoms with Gasteiger partial charge in [0, 0.05) is 19.7 Å². The zero-order valence-electron chi connectivity index (χ0n) is 7.79. The molecule has 0 aliphatic carbocycles. The highest BCUT2D eigenvalue weighted by molar-refractivity contribution is 4.68. The normalized spacial score (nSPS) is 19.4. The lowest BCUT2D eigenvalue weighted by atomic mass is 10.2. The molecular weight excluding hydrogens is 142 g/mol. The van der Waals surface area contributed by atoms with E-state index in [0.717, 1.165) is 0 Å². The average molecular weight is 161 g/mol. The number of hydrogen-bond donors (Lipinski definition) is 2. The van der Waals surface area contributed by atoms with Gasteiger partial charge in [0.2, 0.25) is 0 Å². The molecule has 0 rings (SSSR count). The number of aliphatic hydroxyl groups excluding tert-OH is 1. The smallest absolute Gasteiger partial charge is 0.0693 e. The van der Waals surface area contributed by atoms with Gasteiger partial charge in [0.05, 0.1) is 12.2 Å². The highest BCUT2D eigenvalue weighted by Crippen LogP contribution is 1.95.